The van der Waals surface area contributed by atoms with Crippen molar-refractivity contribution in [3.8, 4) is 0 Å². The van der Waals surface area contributed by atoms with E-state index in [1.807, 2.05) is 49.4 Å². The first-order chi connectivity index (χ1) is 10.9. The highest BCUT2D eigenvalue weighted by atomic mass is 79.9. The molecule has 2 rings (SSSR count). The van der Waals surface area contributed by atoms with Crippen molar-refractivity contribution in [3.05, 3.63) is 52.5 Å². The molecule has 0 aromatic heterocycles. The minimum absolute atomic E-state index is 0.127. The van der Waals surface area contributed by atoms with Gasteiger partial charge in [-0.25, -0.2) is 0 Å². The van der Waals surface area contributed by atoms with Crippen LogP contribution in [0.4, 0.5) is 17.1 Å². The minimum Gasteiger partial charge on any atom is -0.376 e. The van der Waals surface area contributed by atoms with E-state index < -0.39 is 0 Å². The number of benzene rings is 2. The summed E-state index contributed by atoms with van der Waals surface area (Å²) >= 11 is 3.35. The van der Waals surface area contributed by atoms with E-state index in [0.29, 0.717) is 0 Å². The summed E-state index contributed by atoms with van der Waals surface area (Å²) in [5.74, 6) is -0.271. The number of rotatable bonds is 5. The van der Waals surface area contributed by atoms with Crippen LogP contribution in [-0.4, -0.2) is 18.4 Å². The van der Waals surface area contributed by atoms with E-state index >= 15 is 0 Å². The van der Waals surface area contributed by atoms with Gasteiger partial charge in [-0.05, 0) is 48.9 Å². The van der Waals surface area contributed by atoms with Crippen LogP contribution in [0.5, 0.6) is 0 Å². The fraction of sp³-hybridized carbons (Fsp3) is 0.176. The van der Waals surface area contributed by atoms with Gasteiger partial charge in [0.2, 0.25) is 11.8 Å². The molecule has 0 saturated heterocycles. The van der Waals surface area contributed by atoms with Crippen LogP contribution in [0.25, 0.3) is 0 Å². The molecule has 0 heterocycles. The van der Waals surface area contributed by atoms with Crippen molar-refractivity contribution >= 4 is 44.8 Å². The molecule has 5 nitrogen and oxygen atoms in total. The van der Waals surface area contributed by atoms with Gasteiger partial charge in [0.1, 0.15) is 0 Å². The highest BCUT2D eigenvalue weighted by Gasteiger charge is 2.05. The average molecular weight is 376 g/mol. The van der Waals surface area contributed by atoms with Gasteiger partial charge in [0.25, 0.3) is 0 Å². The Morgan fingerprint density at radius 2 is 1.65 bits per heavy atom. The lowest BCUT2D eigenvalue weighted by atomic mass is 10.1. The van der Waals surface area contributed by atoms with Gasteiger partial charge in [-0.15, -0.1) is 0 Å². The van der Waals surface area contributed by atoms with Crippen LogP contribution in [0, 0.1) is 6.92 Å². The molecule has 0 aliphatic carbocycles. The topological polar surface area (TPSA) is 70.2 Å². The van der Waals surface area contributed by atoms with Gasteiger partial charge in [0.15, 0.2) is 0 Å². The molecule has 0 aliphatic rings. The van der Waals surface area contributed by atoms with Gasteiger partial charge in [0, 0.05) is 28.5 Å². The summed E-state index contributed by atoms with van der Waals surface area (Å²) in [6.07, 6.45) is 0. The number of amides is 2. The van der Waals surface area contributed by atoms with E-state index in [2.05, 4.69) is 31.9 Å². The number of anilines is 3. The van der Waals surface area contributed by atoms with Gasteiger partial charge in [-0.1, -0.05) is 22.0 Å². The molecule has 0 aliphatic heterocycles. The van der Waals surface area contributed by atoms with Gasteiger partial charge in [0.05, 0.1) is 6.54 Å². The second-order valence-corrected chi connectivity index (χ2v) is 6.04. The first-order valence-corrected chi connectivity index (χ1v) is 7.91. The van der Waals surface area contributed by atoms with E-state index in [0.717, 1.165) is 27.1 Å². The lowest BCUT2D eigenvalue weighted by molar-refractivity contribution is -0.115. The van der Waals surface area contributed by atoms with Crippen LogP contribution < -0.4 is 16.0 Å². The first kappa shape index (κ1) is 17.0. The van der Waals surface area contributed by atoms with Crippen molar-refractivity contribution in [2.24, 2.45) is 0 Å². The first-order valence-electron chi connectivity index (χ1n) is 7.11. The van der Waals surface area contributed by atoms with E-state index in [1.54, 1.807) is 0 Å². The third kappa shape index (κ3) is 5.41. The highest BCUT2D eigenvalue weighted by Crippen LogP contribution is 2.20. The molecule has 0 bridgehead atoms. The smallest absolute Gasteiger partial charge is 0.243 e. The maximum atomic E-state index is 11.9. The van der Waals surface area contributed by atoms with Crippen molar-refractivity contribution in [1.29, 1.82) is 0 Å². The molecule has 0 saturated carbocycles. The standard InChI is InChI=1S/C17H18BrN3O2/c1-11-3-6-15(9-16(11)20-12(2)22)19-10-17(23)21-14-7-4-13(18)5-8-14/h3-9,19H,10H2,1-2H3,(H,20,22)(H,21,23). The number of nitrogens with one attached hydrogen (secondary N) is 3. The zero-order valence-corrected chi connectivity index (χ0v) is 14.5. The second kappa shape index (κ2) is 7.78. The van der Waals surface area contributed by atoms with Crippen LogP contribution in [0.2, 0.25) is 0 Å². The number of aryl methyl sites for hydroxylation is 1. The molecule has 0 fully saturated rings. The Bertz CT molecular complexity index is 714. The number of halogens is 1. The molecule has 0 spiro atoms. The Morgan fingerprint density at radius 1 is 1.00 bits per heavy atom. The number of hydrogen-bond donors (Lipinski definition) is 3. The average Bonchev–Trinajstić information content (AvgIpc) is 2.50. The molecular weight excluding hydrogens is 358 g/mol. The minimum atomic E-state index is -0.144. The molecule has 120 valence electrons. The third-order valence-electron chi connectivity index (χ3n) is 3.13. The zero-order valence-electron chi connectivity index (χ0n) is 12.9. The third-order valence-corrected chi connectivity index (χ3v) is 3.66. The SMILES string of the molecule is CC(=O)Nc1cc(NCC(=O)Nc2ccc(Br)cc2)ccc1C. The number of carbonyl (C=O) groups excluding carboxylic acids is 2. The fourth-order valence-corrected chi connectivity index (χ4v) is 2.24. The van der Waals surface area contributed by atoms with E-state index in [-0.39, 0.29) is 18.4 Å². The summed E-state index contributed by atoms with van der Waals surface area (Å²) in [7, 11) is 0. The molecule has 2 aromatic rings. The Morgan fingerprint density at radius 3 is 2.30 bits per heavy atom. The fourth-order valence-electron chi connectivity index (χ4n) is 1.98. The zero-order chi connectivity index (χ0) is 16.8. The molecule has 2 amide bonds. The number of carbonyl (C=O) groups is 2. The highest BCUT2D eigenvalue weighted by molar-refractivity contribution is 9.10. The Kier molecular flexibility index (Phi) is 5.76. The summed E-state index contributed by atoms with van der Waals surface area (Å²) < 4.78 is 0.957. The lowest BCUT2D eigenvalue weighted by Crippen LogP contribution is -2.21. The molecule has 2 aromatic carbocycles. The summed E-state index contributed by atoms with van der Waals surface area (Å²) in [6.45, 7) is 3.51. The summed E-state index contributed by atoms with van der Waals surface area (Å²) in [5, 5.41) is 8.61. The quantitative estimate of drug-likeness (QED) is 0.744. The van der Waals surface area contributed by atoms with Crippen molar-refractivity contribution in [2.75, 3.05) is 22.5 Å². The number of hydrogen-bond acceptors (Lipinski definition) is 3. The molecule has 23 heavy (non-hydrogen) atoms. The molecule has 0 unspecified atom stereocenters. The predicted molar refractivity (Wildman–Crippen MR) is 96.7 cm³/mol. The van der Waals surface area contributed by atoms with E-state index in [1.165, 1.54) is 6.92 Å². The summed E-state index contributed by atoms with van der Waals surface area (Å²) in [4.78, 5) is 23.1. The maximum absolute atomic E-state index is 11.9. The second-order valence-electron chi connectivity index (χ2n) is 5.12. The van der Waals surface area contributed by atoms with Crippen molar-refractivity contribution in [3.63, 3.8) is 0 Å². The predicted octanol–water partition coefficient (Wildman–Crippen LogP) is 3.77. The van der Waals surface area contributed by atoms with Crippen LogP contribution >= 0.6 is 15.9 Å². The summed E-state index contributed by atoms with van der Waals surface area (Å²) in [6, 6.07) is 12.9. The van der Waals surface area contributed by atoms with Crippen LogP contribution in [0.15, 0.2) is 46.9 Å². The molecule has 3 N–H and O–H groups in total. The van der Waals surface area contributed by atoms with Crippen LogP contribution in [-0.2, 0) is 9.59 Å². The Labute approximate surface area is 143 Å². The van der Waals surface area contributed by atoms with Gasteiger partial charge in [-0.2, -0.15) is 0 Å². The molecular formula is C17H18BrN3O2. The monoisotopic (exact) mass is 375 g/mol. The Hall–Kier alpha value is -2.34. The van der Waals surface area contributed by atoms with E-state index in [4.69, 9.17) is 0 Å². The largest absolute Gasteiger partial charge is 0.376 e. The summed E-state index contributed by atoms with van der Waals surface area (Å²) in [5.41, 5.74) is 3.20. The Balaban J connectivity index is 1.93. The van der Waals surface area contributed by atoms with E-state index in [9.17, 15) is 9.59 Å². The van der Waals surface area contributed by atoms with Gasteiger partial charge in [-0.3, -0.25) is 9.59 Å². The molecule has 6 heteroatoms. The van der Waals surface area contributed by atoms with Crippen molar-refractivity contribution in [1.82, 2.24) is 0 Å². The van der Waals surface area contributed by atoms with Gasteiger partial charge < -0.3 is 16.0 Å². The maximum Gasteiger partial charge on any atom is 0.243 e. The van der Waals surface area contributed by atoms with Crippen LogP contribution in [0.3, 0.4) is 0 Å². The normalized spacial score (nSPS) is 10.0. The van der Waals surface area contributed by atoms with Crippen LogP contribution in [0.1, 0.15) is 12.5 Å². The lowest BCUT2D eigenvalue weighted by Gasteiger charge is -2.11. The van der Waals surface area contributed by atoms with Crippen molar-refractivity contribution in [2.45, 2.75) is 13.8 Å². The molecule has 0 radical (unpaired) electrons. The van der Waals surface area contributed by atoms with Gasteiger partial charge >= 0.3 is 0 Å². The molecule has 0 atom stereocenters. The van der Waals surface area contributed by atoms with Crippen molar-refractivity contribution < 1.29 is 9.59 Å².